The van der Waals surface area contributed by atoms with Gasteiger partial charge in [-0.15, -0.1) is 11.3 Å². The molecule has 2 aromatic rings. The van der Waals surface area contributed by atoms with Gasteiger partial charge in [-0.2, -0.15) is 13.2 Å². The highest BCUT2D eigenvalue weighted by Gasteiger charge is 2.33. The van der Waals surface area contributed by atoms with E-state index < -0.39 is 45.9 Å². The van der Waals surface area contributed by atoms with E-state index in [0.717, 1.165) is 42.0 Å². The number of hydrogen-bond donors (Lipinski definition) is 1. The number of rotatable bonds is 7. The minimum Gasteiger partial charge on any atom is -0.462 e. The Kier molecular flexibility index (Phi) is 7.83. The molecule has 0 aliphatic heterocycles. The number of sulfonamides is 1. The Bertz CT molecular complexity index is 1210. The van der Waals surface area contributed by atoms with E-state index >= 15 is 0 Å². The van der Waals surface area contributed by atoms with Crippen molar-refractivity contribution in [2.75, 3.05) is 29.0 Å². The largest absolute Gasteiger partial charge is 0.462 e. The second kappa shape index (κ2) is 10.1. The normalized spacial score (nSPS) is 13.8. The number of halogens is 4. The fourth-order valence-corrected chi connectivity index (χ4v) is 6.05. The molecule has 13 heteroatoms. The number of fused-ring (bicyclic) bond motifs is 1. The van der Waals surface area contributed by atoms with Crippen molar-refractivity contribution < 1.29 is 35.9 Å². The van der Waals surface area contributed by atoms with Crippen LogP contribution in [0.25, 0.3) is 0 Å². The zero-order valence-electron chi connectivity index (χ0n) is 18.3. The molecule has 1 aromatic carbocycles. The van der Waals surface area contributed by atoms with Gasteiger partial charge in [-0.1, -0.05) is 11.6 Å². The highest BCUT2D eigenvalue weighted by Crippen LogP contribution is 2.39. The van der Waals surface area contributed by atoms with Gasteiger partial charge in [0.25, 0.3) is 0 Å². The van der Waals surface area contributed by atoms with E-state index in [1.54, 1.807) is 6.92 Å². The van der Waals surface area contributed by atoms with Crippen LogP contribution in [0.3, 0.4) is 0 Å². The van der Waals surface area contributed by atoms with E-state index in [1.165, 1.54) is 11.3 Å². The summed E-state index contributed by atoms with van der Waals surface area (Å²) in [5.74, 6) is -1.44. The van der Waals surface area contributed by atoms with Crippen LogP contribution < -0.4 is 9.62 Å². The standard InChI is InChI=1S/C21H22ClF3N2O5S2/c1-3-32-20(29)18-13-6-4-5-7-16(13)33-19(18)26-17(28)11-27(34(2,30)31)15-10-12(21(23,24)25)8-9-14(15)22/h8-10H,3-7,11H2,1-2H3,(H,26,28). The number of nitrogens with zero attached hydrogens (tertiary/aromatic N) is 1. The first-order valence-corrected chi connectivity index (χ1v) is 13.3. The minimum absolute atomic E-state index is 0.132. The van der Waals surface area contributed by atoms with Crippen LogP contribution in [0, 0.1) is 0 Å². The Balaban J connectivity index is 1.94. The number of aryl methyl sites for hydroxylation is 1. The first-order chi connectivity index (χ1) is 15.8. The van der Waals surface area contributed by atoms with Crippen LogP contribution in [-0.2, 0) is 38.6 Å². The molecule has 1 aliphatic carbocycles. The number of carbonyl (C=O) groups is 2. The van der Waals surface area contributed by atoms with E-state index in [1.807, 2.05) is 0 Å². The highest BCUT2D eigenvalue weighted by atomic mass is 35.5. The van der Waals surface area contributed by atoms with Crippen molar-refractivity contribution in [3.8, 4) is 0 Å². The predicted octanol–water partition coefficient (Wildman–Crippen LogP) is 4.88. The lowest BCUT2D eigenvalue weighted by atomic mass is 9.95. The van der Waals surface area contributed by atoms with Crippen LogP contribution in [0.5, 0.6) is 0 Å². The van der Waals surface area contributed by atoms with Gasteiger partial charge < -0.3 is 10.1 Å². The van der Waals surface area contributed by atoms with Crippen molar-refractivity contribution in [2.24, 2.45) is 0 Å². The van der Waals surface area contributed by atoms with E-state index in [-0.39, 0.29) is 22.2 Å². The second-order valence-corrected chi connectivity index (χ2v) is 11.0. The third kappa shape index (κ3) is 5.84. The third-order valence-electron chi connectivity index (χ3n) is 5.13. The number of alkyl halides is 3. The predicted molar refractivity (Wildman–Crippen MR) is 124 cm³/mol. The van der Waals surface area contributed by atoms with Gasteiger partial charge in [-0.05, 0) is 56.4 Å². The van der Waals surface area contributed by atoms with E-state index in [9.17, 15) is 31.2 Å². The van der Waals surface area contributed by atoms with Gasteiger partial charge in [-0.3, -0.25) is 9.10 Å². The molecular weight excluding hydrogens is 517 g/mol. The molecule has 0 saturated carbocycles. The van der Waals surface area contributed by atoms with Crippen LogP contribution in [0.2, 0.25) is 5.02 Å². The molecular formula is C21H22ClF3N2O5S2. The Morgan fingerprint density at radius 1 is 1.24 bits per heavy atom. The van der Waals surface area contributed by atoms with Gasteiger partial charge in [0.05, 0.1) is 34.7 Å². The summed E-state index contributed by atoms with van der Waals surface area (Å²) in [7, 11) is -4.19. The number of amides is 1. The molecule has 1 aromatic heterocycles. The monoisotopic (exact) mass is 538 g/mol. The number of thiophene rings is 1. The van der Waals surface area contributed by atoms with E-state index in [4.69, 9.17) is 16.3 Å². The Hall–Kier alpha value is -2.31. The van der Waals surface area contributed by atoms with Crippen molar-refractivity contribution in [2.45, 2.75) is 38.8 Å². The van der Waals surface area contributed by atoms with Crippen LogP contribution >= 0.6 is 22.9 Å². The van der Waals surface area contributed by atoms with Crippen molar-refractivity contribution >= 4 is 55.5 Å². The van der Waals surface area contributed by atoms with Gasteiger partial charge in [0.1, 0.15) is 11.5 Å². The van der Waals surface area contributed by atoms with Crippen molar-refractivity contribution in [3.05, 3.63) is 44.8 Å². The molecule has 1 N–H and O–H groups in total. The minimum atomic E-state index is -4.74. The summed E-state index contributed by atoms with van der Waals surface area (Å²) in [6.45, 7) is 0.940. The average Bonchev–Trinajstić information content (AvgIpc) is 3.09. The summed E-state index contributed by atoms with van der Waals surface area (Å²) < 4.78 is 69.9. The van der Waals surface area contributed by atoms with Crippen molar-refractivity contribution in [3.63, 3.8) is 0 Å². The molecule has 0 spiro atoms. The second-order valence-electron chi connectivity index (χ2n) is 7.62. The van der Waals surface area contributed by atoms with Crippen LogP contribution in [-0.4, -0.2) is 39.7 Å². The molecule has 0 atom stereocenters. The lowest BCUT2D eigenvalue weighted by Crippen LogP contribution is -2.37. The zero-order chi connectivity index (χ0) is 25.3. The molecule has 1 amide bonds. The molecule has 1 aliphatic rings. The van der Waals surface area contributed by atoms with Gasteiger partial charge in [0.2, 0.25) is 15.9 Å². The van der Waals surface area contributed by atoms with Crippen LogP contribution in [0.1, 0.15) is 46.1 Å². The maximum atomic E-state index is 13.2. The zero-order valence-corrected chi connectivity index (χ0v) is 20.7. The third-order valence-corrected chi connectivity index (χ3v) is 7.79. The molecule has 0 fully saturated rings. The Labute approximate surface area is 203 Å². The molecule has 0 radical (unpaired) electrons. The summed E-state index contributed by atoms with van der Waals surface area (Å²) in [5.41, 5.74) is -0.564. The SMILES string of the molecule is CCOC(=O)c1c(NC(=O)CN(c2cc(C(F)(F)F)ccc2Cl)S(C)(=O)=O)sc2c1CCCC2. The summed E-state index contributed by atoms with van der Waals surface area (Å²) >= 11 is 7.20. The topological polar surface area (TPSA) is 92.8 Å². The molecule has 7 nitrogen and oxygen atoms in total. The molecule has 186 valence electrons. The number of ether oxygens (including phenoxy) is 1. The number of nitrogens with one attached hydrogen (secondary N) is 1. The lowest BCUT2D eigenvalue weighted by molar-refractivity contribution is -0.137. The molecule has 3 rings (SSSR count). The maximum absolute atomic E-state index is 13.2. The first-order valence-electron chi connectivity index (χ1n) is 10.3. The number of benzene rings is 1. The number of carbonyl (C=O) groups excluding carboxylic acids is 2. The molecule has 34 heavy (non-hydrogen) atoms. The smallest absolute Gasteiger partial charge is 0.416 e. The van der Waals surface area contributed by atoms with Gasteiger partial charge in [0.15, 0.2) is 0 Å². The van der Waals surface area contributed by atoms with Gasteiger partial charge in [0, 0.05) is 4.88 Å². The quantitative estimate of drug-likeness (QED) is 0.507. The molecule has 1 heterocycles. The summed E-state index contributed by atoms with van der Waals surface area (Å²) in [6.07, 6.45) is -0.804. The van der Waals surface area contributed by atoms with Gasteiger partial charge >= 0.3 is 12.1 Å². The highest BCUT2D eigenvalue weighted by molar-refractivity contribution is 7.92. The van der Waals surface area contributed by atoms with E-state index in [0.29, 0.717) is 22.9 Å². The fraction of sp³-hybridized carbons (Fsp3) is 0.429. The number of hydrogen-bond acceptors (Lipinski definition) is 6. The molecule has 0 bridgehead atoms. The first kappa shape index (κ1) is 26.3. The number of anilines is 2. The average molecular weight is 539 g/mol. The summed E-state index contributed by atoms with van der Waals surface area (Å²) in [4.78, 5) is 26.4. The molecule has 0 unspecified atom stereocenters. The fourth-order valence-electron chi connectivity index (χ4n) is 3.63. The Morgan fingerprint density at radius 2 is 1.91 bits per heavy atom. The van der Waals surface area contributed by atoms with Crippen molar-refractivity contribution in [1.29, 1.82) is 0 Å². The number of esters is 1. The summed E-state index contributed by atoms with van der Waals surface area (Å²) in [6, 6.07) is 2.21. The van der Waals surface area contributed by atoms with Crippen molar-refractivity contribution in [1.82, 2.24) is 0 Å². The van der Waals surface area contributed by atoms with Crippen LogP contribution in [0.15, 0.2) is 18.2 Å². The maximum Gasteiger partial charge on any atom is 0.416 e. The van der Waals surface area contributed by atoms with Gasteiger partial charge in [-0.25, -0.2) is 13.2 Å². The molecule has 0 saturated heterocycles. The summed E-state index contributed by atoms with van der Waals surface area (Å²) in [5, 5.41) is 2.50. The Morgan fingerprint density at radius 3 is 2.53 bits per heavy atom. The lowest BCUT2D eigenvalue weighted by Gasteiger charge is -2.24. The van der Waals surface area contributed by atoms with Crippen LogP contribution in [0.4, 0.5) is 23.9 Å². The van der Waals surface area contributed by atoms with E-state index in [2.05, 4.69) is 5.32 Å².